The van der Waals surface area contributed by atoms with E-state index in [4.69, 9.17) is 4.74 Å². The van der Waals surface area contributed by atoms with Gasteiger partial charge in [0, 0.05) is 36.1 Å². The summed E-state index contributed by atoms with van der Waals surface area (Å²) in [6.45, 7) is 1.28. The Balaban J connectivity index is 1.73. The van der Waals surface area contributed by atoms with Crippen LogP contribution < -0.4 is 14.8 Å². The normalized spacial score (nSPS) is 12.4. The summed E-state index contributed by atoms with van der Waals surface area (Å²) < 4.78 is 46.8. The van der Waals surface area contributed by atoms with Gasteiger partial charge in [-0.1, -0.05) is 36.4 Å². The van der Waals surface area contributed by atoms with Gasteiger partial charge in [-0.2, -0.15) is 13.2 Å². The molecule has 0 bridgehead atoms. The van der Waals surface area contributed by atoms with E-state index in [2.05, 4.69) is 39.1 Å². The molecule has 1 atom stereocenters. The number of halogens is 3. The first-order valence-electron chi connectivity index (χ1n) is 9.33. The predicted octanol–water partition coefficient (Wildman–Crippen LogP) is 4.94. The first-order chi connectivity index (χ1) is 14.4. The molecule has 1 heterocycles. The van der Waals surface area contributed by atoms with Crippen molar-refractivity contribution in [3.63, 3.8) is 0 Å². The molecule has 1 N–H and O–H groups in total. The van der Waals surface area contributed by atoms with E-state index >= 15 is 0 Å². The number of aromatic nitrogens is 2. The average Bonchev–Trinajstić information content (AvgIpc) is 2.76. The molecule has 0 aliphatic carbocycles. The number of alkyl halides is 3. The van der Waals surface area contributed by atoms with Crippen LogP contribution in [-0.2, 0) is 6.54 Å². The lowest BCUT2D eigenvalue weighted by atomic mass is 10.0. The second kappa shape index (κ2) is 9.58. The van der Waals surface area contributed by atoms with Crippen LogP contribution in [0.4, 0.5) is 13.2 Å². The van der Waals surface area contributed by atoms with Crippen LogP contribution in [-0.4, -0.2) is 29.9 Å². The lowest BCUT2D eigenvalue weighted by Gasteiger charge is -2.16. The van der Waals surface area contributed by atoms with Gasteiger partial charge >= 0.3 is 12.2 Å². The van der Waals surface area contributed by atoms with Crippen LogP contribution in [0.1, 0.15) is 24.1 Å². The molecule has 3 rings (SSSR count). The zero-order valence-corrected chi connectivity index (χ0v) is 16.6. The highest BCUT2D eigenvalue weighted by molar-refractivity contribution is 5.70. The molecule has 0 amide bonds. The quantitative estimate of drug-likeness (QED) is 0.562. The molecule has 0 radical (unpaired) electrons. The highest BCUT2D eigenvalue weighted by atomic mass is 19.4. The van der Waals surface area contributed by atoms with Crippen LogP contribution in [0, 0.1) is 0 Å². The number of ether oxygens (including phenoxy) is 2. The fourth-order valence-corrected chi connectivity index (χ4v) is 2.90. The van der Waals surface area contributed by atoms with E-state index in [0.717, 1.165) is 11.1 Å². The number of nitrogens with zero attached hydrogens (tertiary/aromatic N) is 2. The van der Waals surface area contributed by atoms with Crippen LogP contribution >= 0.6 is 0 Å². The Hall–Kier alpha value is -3.13. The summed E-state index contributed by atoms with van der Waals surface area (Å²) in [4.78, 5) is 7.75. The molecular formula is C22H22F3N3O2. The van der Waals surface area contributed by atoms with Crippen molar-refractivity contribution >= 4 is 0 Å². The van der Waals surface area contributed by atoms with Gasteiger partial charge in [-0.3, -0.25) is 0 Å². The molecule has 1 aromatic heterocycles. The van der Waals surface area contributed by atoms with Crippen molar-refractivity contribution < 1.29 is 22.6 Å². The van der Waals surface area contributed by atoms with E-state index in [-0.39, 0.29) is 12.1 Å². The van der Waals surface area contributed by atoms with E-state index in [1.165, 1.54) is 18.0 Å². The molecule has 2 aromatic carbocycles. The minimum atomic E-state index is -4.44. The van der Waals surface area contributed by atoms with Crippen molar-refractivity contribution in [1.29, 1.82) is 0 Å². The van der Waals surface area contributed by atoms with E-state index in [0.29, 0.717) is 17.9 Å². The number of nitrogens with one attached hydrogen (secondary N) is 1. The predicted molar refractivity (Wildman–Crippen MR) is 107 cm³/mol. The number of hydrogen-bond acceptors (Lipinski definition) is 5. The molecule has 30 heavy (non-hydrogen) atoms. The Bertz CT molecular complexity index is 948. The van der Waals surface area contributed by atoms with E-state index in [1.54, 1.807) is 7.11 Å². The second-order valence-electron chi connectivity index (χ2n) is 6.71. The molecule has 1 unspecified atom stereocenters. The van der Waals surface area contributed by atoms with Crippen molar-refractivity contribution in [2.24, 2.45) is 0 Å². The topological polar surface area (TPSA) is 56.3 Å². The van der Waals surface area contributed by atoms with Crippen LogP contribution in [0.5, 0.6) is 11.8 Å². The maximum absolute atomic E-state index is 12.3. The standard InChI is InChI=1S/C22H22F3N3O2/c1-15(17-6-4-3-5-7-17)26-11-16-8-9-20(29-2)19(10-16)18-12-27-21(28-13-18)30-14-22(23,24)25/h3-10,12-13,15,26H,11,14H2,1-2H3. The summed E-state index contributed by atoms with van der Waals surface area (Å²) in [5.41, 5.74) is 3.57. The summed E-state index contributed by atoms with van der Waals surface area (Å²) >= 11 is 0. The molecule has 3 aromatic rings. The molecule has 5 nitrogen and oxygen atoms in total. The molecular weight excluding hydrogens is 395 g/mol. The van der Waals surface area contributed by atoms with Gasteiger partial charge in [-0.15, -0.1) is 0 Å². The molecule has 0 saturated carbocycles. The number of benzene rings is 2. The fourth-order valence-electron chi connectivity index (χ4n) is 2.90. The number of methoxy groups -OCH3 is 1. The van der Waals surface area contributed by atoms with Crippen LogP contribution in [0.15, 0.2) is 60.9 Å². The number of hydrogen-bond donors (Lipinski definition) is 1. The molecule has 8 heteroatoms. The van der Waals surface area contributed by atoms with Crippen molar-refractivity contribution in [1.82, 2.24) is 15.3 Å². The lowest BCUT2D eigenvalue weighted by molar-refractivity contribution is -0.154. The molecule has 158 valence electrons. The number of rotatable bonds is 8. The minimum Gasteiger partial charge on any atom is -0.496 e. The highest BCUT2D eigenvalue weighted by Gasteiger charge is 2.29. The summed E-state index contributed by atoms with van der Waals surface area (Å²) in [6, 6.07) is 15.7. The third-order valence-corrected chi connectivity index (χ3v) is 4.48. The van der Waals surface area contributed by atoms with Gasteiger partial charge in [-0.25, -0.2) is 9.97 Å². The van der Waals surface area contributed by atoms with Gasteiger partial charge in [-0.05, 0) is 30.2 Å². The SMILES string of the molecule is COc1ccc(CNC(C)c2ccccc2)cc1-c1cnc(OCC(F)(F)F)nc1. The third kappa shape index (κ3) is 5.93. The summed E-state index contributed by atoms with van der Waals surface area (Å²) in [6.07, 6.45) is -1.61. The Labute approximate surface area is 172 Å². The monoisotopic (exact) mass is 417 g/mol. The lowest BCUT2D eigenvalue weighted by Crippen LogP contribution is -2.20. The van der Waals surface area contributed by atoms with Crippen molar-refractivity contribution in [2.45, 2.75) is 25.7 Å². The first kappa shape index (κ1) is 21.6. The summed E-state index contributed by atoms with van der Waals surface area (Å²) in [7, 11) is 1.55. The molecule has 0 fully saturated rings. The maximum atomic E-state index is 12.3. The fraction of sp³-hybridized carbons (Fsp3) is 0.273. The van der Waals surface area contributed by atoms with Crippen molar-refractivity contribution in [3.8, 4) is 22.9 Å². The van der Waals surface area contributed by atoms with Gasteiger partial charge in [0.2, 0.25) is 0 Å². The smallest absolute Gasteiger partial charge is 0.422 e. The molecule has 0 aliphatic rings. The Morgan fingerprint density at radius 3 is 2.37 bits per heavy atom. The molecule has 0 saturated heterocycles. The second-order valence-corrected chi connectivity index (χ2v) is 6.71. The van der Waals surface area contributed by atoms with E-state index in [1.807, 2.05) is 36.4 Å². The molecule has 0 spiro atoms. The zero-order valence-electron chi connectivity index (χ0n) is 16.6. The Morgan fingerprint density at radius 1 is 1.03 bits per heavy atom. The van der Waals surface area contributed by atoms with E-state index in [9.17, 15) is 13.2 Å². The average molecular weight is 417 g/mol. The van der Waals surface area contributed by atoms with E-state index < -0.39 is 12.8 Å². The van der Waals surface area contributed by atoms with Gasteiger partial charge < -0.3 is 14.8 Å². The van der Waals surface area contributed by atoms with Gasteiger partial charge in [0.25, 0.3) is 0 Å². The largest absolute Gasteiger partial charge is 0.496 e. The highest BCUT2D eigenvalue weighted by Crippen LogP contribution is 2.31. The van der Waals surface area contributed by atoms with Crippen molar-refractivity contribution in [2.75, 3.05) is 13.7 Å². The Morgan fingerprint density at radius 2 is 1.73 bits per heavy atom. The summed E-state index contributed by atoms with van der Waals surface area (Å²) in [5.74, 6) is 0.613. The van der Waals surface area contributed by atoms with Crippen molar-refractivity contribution in [3.05, 3.63) is 72.1 Å². The van der Waals surface area contributed by atoms with Crippen LogP contribution in [0.2, 0.25) is 0 Å². The minimum absolute atomic E-state index is 0.171. The van der Waals surface area contributed by atoms with Crippen LogP contribution in [0.25, 0.3) is 11.1 Å². The zero-order chi connectivity index (χ0) is 21.6. The Kier molecular flexibility index (Phi) is 6.89. The first-order valence-corrected chi connectivity index (χ1v) is 9.33. The van der Waals surface area contributed by atoms with Gasteiger partial charge in [0.05, 0.1) is 7.11 Å². The van der Waals surface area contributed by atoms with Gasteiger partial charge in [0.1, 0.15) is 5.75 Å². The molecule has 0 aliphatic heterocycles. The summed E-state index contributed by atoms with van der Waals surface area (Å²) in [5, 5.41) is 3.47. The maximum Gasteiger partial charge on any atom is 0.422 e. The third-order valence-electron chi connectivity index (χ3n) is 4.48. The van der Waals surface area contributed by atoms with Crippen LogP contribution in [0.3, 0.4) is 0 Å². The van der Waals surface area contributed by atoms with Gasteiger partial charge in [0.15, 0.2) is 6.61 Å².